The van der Waals surface area contributed by atoms with Gasteiger partial charge in [-0.05, 0) is 29.8 Å². The number of nitrogens with two attached hydrogens (primary N) is 1. The van der Waals surface area contributed by atoms with E-state index in [-0.39, 0.29) is 18.4 Å². The molecule has 6 heteroatoms. The highest BCUT2D eigenvalue weighted by Gasteiger charge is 2.08. The molecule has 0 aliphatic carbocycles. The summed E-state index contributed by atoms with van der Waals surface area (Å²) in [6.07, 6.45) is 3.11. The second-order valence-corrected chi connectivity index (χ2v) is 5.11. The fourth-order valence-electron chi connectivity index (χ4n) is 1.84. The molecule has 0 radical (unpaired) electrons. The molecule has 2 rings (SSSR count). The molecular formula is C17H16ClN3O2. The third-order valence-electron chi connectivity index (χ3n) is 2.93. The molecule has 2 aromatic carbocycles. The van der Waals surface area contributed by atoms with Crippen LogP contribution in [0.15, 0.2) is 54.6 Å². The number of halogens is 1. The third kappa shape index (κ3) is 5.25. The number of rotatable bonds is 5. The van der Waals surface area contributed by atoms with Crippen LogP contribution in [0.25, 0.3) is 6.08 Å². The van der Waals surface area contributed by atoms with Crippen LogP contribution in [0.5, 0.6) is 0 Å². The highest BCUT2D eigenvalue weighted by Crippen LogP contribution is 2.25. The summed E-state index contributed by atoms with van der Waals surface area (Å²) in [5.41, 5.74) is 7.03. The molecule has 5 nitrogen and oxygen atoms in total. The minimum absolute atomic E-state index is 0.159. The Hall–Kier alpha value is -2.63. The summed E-state index contributed by atoms with van der Waals surface area (Å²) in [6, 6.07) is 14.2. The van der Waals surface area contributed by atoms with E-state index in [0.29, 0.717) is 16.4 Å². The smallest absolute Gasteiger partial charge is 0.248 e. The highest BCUT2D eigenvalue weighted by atomic mass is 35.5. The van der Waals surface area contributed by atoms with Gasteiger partial charge in [0.25, 0.3) is 0 Å². The first-order chi connectivity index (χ1) is 11.1. The Morgan fingerprint density at radius 1 is 1.04 bits per heavy atom. The zero-order valence-corrected chi connectivity index (χ0v) is 13.0. The molecule has 0 bridgehead atoms. The molecule has 0 heterocycles. The summed E-state index contributed by atoms with van der Waals surface area (Å²) in [6.45, 7) is -0.159. The van der Waals surface area contributed by atoms with Crippen molar-refractivity contribution >= 4 is 40.9 Å². The second-order valence-electron chi connectivity index (χ2n) is 4.68. The van der Waals surface area contributed by atoms with E-state index >= 15 is 0 Å². The van der Waals surface area contributed by atoms with Gasteiger partial charge in [-0.2, -0.15) is 0 Å². The van der Waals surface area contributed by atoms with E-state index in [0.717, 1.165) is 5.56 Å². The van der Waals surface area contributed by atoms with Crippen LogP contribution in [0.1, 0.15) is 5.56 Å². The Kier molecular flexibility index (Phi) is 5.91. The van der Waals surface area contributed by atoms with E-state index in [1.54, 1.807) is 24.3 Å². The quantitative estimate of drug-likeness (QED) is 0.737. The molecule has 0 spiro atoms. The number of carbonyl (C=O) groups excluding carboxylic acids is 2. The number of nitrogens with one attached hydrogen (secondary N) is 2. The number of hydrogen-bond donors (Lipinski definition) is 3. The average Bonchev–Trinajstić information content (AvgIpc) is 2.56. The van der Waals surface area contributed by atoms with Crippen molar-refractivity contribution in [3.8, 4) is 0 Å². The van der Waals surface area contributed by atoms with Crippen molar-refractivity contribution in [2.75, 3.05) is 17.2 Å². The Bertz CT molecular complexity index is 730. The predicted molar refractivity (Wildman–Crippen MR) is 93.2 cm³/mol. The normalized spacial score (nSPS) is 10.5. The van der Waals surface area contributed by atoms with Crippen LogP contribution in [0.4, 0.5) is 11.4 Å². The molecular weight excluding hydrogens is 314 g/mol. The van der Waals surface area contributed by atoms with Crippen molar-refractivity contribution in [2.24, 2.45) is 5.73 Å². The predicted octanol–water partition coefficient (Wildman–Crippen LogP) is 2.89. The summed E-state index contributed by atoms with van der Waals surface area (Å²) in [5.74, 6) is -0.693. The van der Waals surface area contributed by atoms with Gasteiger partial charge in [0.15, 0.2) is 0 Å². The SMILES string of the molecule is NCC(=O)Nc1cc(Cl)ccc1NC(=O)/C=C/c1ccccc1. The van der Waals surface area contributed by atoms with Crippen molar-refractivity contribution in [3.05, 3.63) is 65.2 Å². The van der Waals surface area contributed by atoms with Gasteiger partial charge in [-0.1, -0.05) is 41.9 Å². The Morgan fingerprint density at radius 2 is 1.78 bits per heavy atom. The van der Waals surface area contributed by atoms with E-state index in [1.165, 1.54) is 6.08 Å². The van der Waals surface area contributed by atoms with Crippen LogP contribution in [0.3, 0.4) is 0 Å². The average molecular weight is 330 g/mol. The molecule has 0 saturated heterocycles. The molecule has 4 N–H and O–H groups in total. The lowest BCUT2D eigenvalue weighted by molar-refractivity contribution is -0.115. The molecule has 0 unspecified atom stereocenters. The summed E-state index contributed by atoms with van der Waals surface area (Å²) in [7, 11) is 0. The fourth-order valence-corrected chi connectivity index (χ4v) is 2.01. The van der Waals surface area contributed by atoms with Gasteiger partial charge in [-0.3, -0.25) is 9.59 Å². The monoisotopic (exact) mass is 329 g/mol. The first kappa shape index (κ1) is 16.7. The van der Waals surface area contributed by atoms with Crippen LogP contribution in [-0.4, -0.2) is 18.4 Å². The van der Waals surface area contributed by atoms with Gasteiger partial charge in [-0.25, -0.2) is 0 Å². The van der Waals surface area contributed by atoms with Crippen molar-refractivity contribution in [2.45, 2.75) is 0 Å². The summed E-state index contributed by atoms with van der Waals surface area (Å²) in [4.78, 5) is 23.4. The molecule has 23 heavy (non-hydrogen) atoms. The van der Waals surface area contributed by atoms with Crippen molar-refractivity contribution in [1.29, 1.82) is 0 Å². The van der Waals surface area contributed by atoms with E-state index < -0.39 is 0 Å². The van der Waals surface area contributed by atoms with E-state index in [4.69, 9.17) is 17.3 Å². The number of anilines is 2. The molecule has 118 valence electrons. The van der Waals surface area contributed by atoms with Gasteiger partial charge in [0.05, 0.1) is 17.9 Å². The minimum atomic E-state index is -0.373. The standard InChI is InChI=1S/C17H16ClN3O2/c18-13-7-8-14(15(10-13)21-17(23)11-19)20-16(22)9-6-12-4-2-1-3-5-12/h1-10H,11,19H2,(H,20,22)(H,21,23)/b9-6+. The first-order valence-corrected chi connectivity index (χ1v) is 7.30. The van der Waals surface area contributed by atoms with Gasteiger partial charge >= 0.3 is 0 Å². The second kappa shape index (κ2) is 8.12. The zero-order chi connectivity index (χ0) is 16.7. The van der Waals surface area contributed by atoms with E-state index in [1.807, 2.05) is 30.3 Å². The van der Waals surface area contributed by atoms with E-state index in [9.17, 15) is 9.59 Å². The van der Waals surface area contributed by atoms with E-state index in [2.05, 4.69) is 10.6 Å². The van der Waals surface area contributed by atoms with Crippen LogP contribution in [0, 0.1) is 0 Å². The molecule has 0 aliphatic heterocycles. The highest BCUT2D eigenvalue weighted by molar-refractivity contribution is 6.31. The molecule has 0 aliphatic rings. The van der Waals surface area contributed by atoms with Gasteiger partial charge < -0.3 is 16.4 Å². The van der Waals surface area contributed by atoms with Crippen molar-refractivity contribution in [1.82, 2.24) is 0 Å². The maximum absolute atomic E-state index is 12.0. The number of hydrogen-bond acceptors (Lipinski definition) is 3. The number of benzene rings is 2. The Labute approximate surface area is 139 Å². The van der Waals surface area contributed by atoms with Crippen molar-refractivity contribution in [3.63, 3.8) is 0 Å². The molecule has 0 aromatic heterocycles. The number of carbonyl (C=O) groups is 2. The van der Waals surface area contributed by atoms with Crippen molar-refractivity contribution < 1.29 is 9.59 Å². The van der Waals surface area contributed by atoms with Gasteiger partial charge in [0.1, 0.15) is 0 Å². The van der Waals surface area contributed by atoms with Crippen LogP contribution < -0.4 is 16.4 Å². The molecule has 0 fully saturated rings. The third-order valence-corrected chi connectivity index (χ3v) is 3.16. The maximum atomic E-state index is 12.0. The Balaban J connectivity index is 2.11. The molecule has 0 atom stereocenters. The summed E-state index contributed by atoms with van der Waals surface area (Å²) in [5, 5.41) is 5.73. The van der Waals surface area contributed by atoms with Gasteiger partial charge in [0, 0.05) is 11.1 Å². The first-order valence-electron chi connectivity index (χ1n) is 6.92. The van der Waals surface area contributed by atoms with Crippen LogP contribution in [-0.2, 0) is 9.59 Å². The topological polar surface area (TPSA) is 84.2 Å². The molecule has 2 amide bonds. The lowest BCUT2D eigenvalue weighted by Crippen LogP contribution is -2.23. The zero-order valence-electron chi connectivity index (χ0n) is 12.3. The van der Waals surface area contributed by atoms with Gasteiger partial charge in [-0.15, -0.1) is 0 Å². The number of amides is 2. The molecule has 2 aromatic rings. The Morgan fingerprint density at radius 3 is 2.48 bits per heavy atom. The fraction of sp³-hybridized carbons (Fsp3) is 0.0588. The largest absolute Gasteiger partial charge is 0.323 e. The van der Waals surface area contributed by atoms with Crippen LogP contribution >= 0.6 is 11.6 Å². The minimum Gasteiger partial charge on any atom is -0.323 e. The summed E-state index contributed by atoms with van der Waals surface area (Å²) < 4.78 is 0. The summed E-state index contributed by atoms with van der Waals surface area (Å²) >= 11 is 5.91. The van der Waals surface area contributed by atoms with Gasteiger partial charge in [0.2, 0.25) is 11.8 Å². The lowest BCUT2D eigenvalue weighted by Gasteiger charge is -2.11. The van der Waals surface area contributed by atoms with Crippen LogP contribution in [0.2, 0.25) is 5.02 Å². The molecule has 0 saturated carbocycles. The lowest BCUT2D eigenvalue weighted by atomic mass is 10.2. The maximum Gasteiger partial charge on any atom is 0.248 e.